The first-order chi connectivity index (χ1) is 11.6. The maximum absolute atomic E-state index is 12.5. The lowest BCUT2D eigenvalue weighted by Crippen LogP contribution is -2.44. The van der Waals surface area contributed by atoms with E-state index in [9.17, 15) is 14.7 Å². The van der Waals surface area contributed by atoms with E-state index in [0.717, 1.165) is 44.5 Å². The number of ketones is 1. The van der Waals surface area contributed by atoms with E-state index in [1.807, 2.05) is 30.3 Å². The van der Waals surface area contributed by atoms with Gasteiger partial charge in [0.2, 0.25) is 5.91 Å². The molecule has 2 fully saturated rings. The molecule has 0 aromatic heterocycles. The van der Waals surface area contributed by atoms with Crippen molar-refractivity contribution in [2.45, 2.75) is 31.8 Å². The fourth-order valence-electron chi connectivity index (χ4n) is 3.72. The summed E-state index contributed by atoms with van der Waals surface area (Å²) in [5, 5.41) is 10.2. The topological polar surface area (TPSA) is 60.9 Å². The second-order valence-corrected chi connectivity index (χ2v) is 6.90. The average molecular weight is 330 g/mol. The van der Waals surface area contributed by atoms with Gasteiger partial charge in [0.1, 0.15) is 0 Å². The Kier molecular flexibility index (Phi) is 5.63. The molecule has 1 aromatic rings. The molecule has 5 heteroatoms. The summed E-state index contributed by atoms with van der Waals surface area (Å²) in [6.45, 7) is 3.43. The SMILES string of the molecule is O=C(c1ccccc1)C1CCN(C[C@H](O)CN2CCCC2=O)CC1. The van der Waals surface area contributed by atoms with Crippen LogP contribution in [0.4, 0.5) is 0 Å². The van der Waals surface area contributed by atoms with E-state index >= 15 is 0 Å². The van der Waals surface area contributed by atoms with Crippen LogP contribution in [0.3, 0.4) is 0 Å². The van der Waals surface area contributed by atoms with Gasteiger partial charge < -0.3 is 14.9 Å². The van der Waals surface area contributed by atoms with Crippen molar-refractivity contribution in [1.82, 2.24) is 9.80 Å². The van der Waals surface area contributed by atoms with Gasteiger partial charge in [0, 0.05) is 37.5 Å². The van der Waals surface area contributed by atoms with E-state index < -0.39 is 6.10 Å². The van der Waals surface area contributed by atoms with Crippen molar-refractivity contribution in [1.29, 1.82) is 0 Å². The minimum absolute atomic E-state index is 0.0842. The molecule has 1 N–H and O–H groups in total. The Balaban J connectivity index is 1.43. The van der Waals surface area contributed by atoms with Crippen molar-refractivity contribution < 1.29 is 14.7 Å². The monoisotopic (exact) mass is 330 g/mol. The summed E-state index contributed by atoms with van der Waals surface area (Å²) in [6, 6.07) is 9.49. The molecule has 5 nitrogen and oxygen atoms in total. The van der Waals surface area contributed by atoms with Crippen molar-refractivity contribution in [3.05, 3.63) is 35.9 Å². The lowest BCUT2D eigenvalue weighted by molar-refractivity contribution is -0.129. The van der Waals surface area contributed by atoms with Crippen LogP contribution in [0.15, 0.2) is 30.3 Å². The van der Waals surface area contributed by atoms with Crippen LogP contribution >= 0.6 is 0 Å². The first-order valence-corrected chi connectivity index (χ1v) is 8.91. The second-order valence-electron chi connectivity index (χ2n) is 6.90. The largest absolute Gasteiger partial charge is 0.390 e. The Bertz CT molecular complexity index is 567. The molecule has 0 bridgehead atoms. The lowest BCUT2D eigenvalue weighted by Gasteiger charge is -2.33. The van der Waals surface area contributed by atoms with Gasteiger partial charge in [-0.2, -0.15) is 0 Å². The van der Waals surface area contributed by atoms with Crippen LogP contribution < -0.4 is 0 Å². The Morgan fingerprint density at radius 2 is 1.83 bits per heavy atom. The quantitative estimate of drug-likeness (QED) is 0.804. The zero-order chi connectivity index (χ0) is 16.9. The molecular formula is C19H26N2O3. The molecule has 2 aliphatic rings. The van der Waals surface area contributed by atoms with E-state index in [2.05, 4.69) is 4.90 Å². The number of amides is 1. The highest BCUT2D eigenvalue weighted by atomic mass is 16.3. The van der Waals surface area contributed by atoms with Crippen LogP contribution in [0.5, 0.6) is 0 Å². The molecule has 0 spiro atoms. The summed E-state index contributed by atoms with van der Waals surface area (Å²) in [5.74, 6) is 0.473. The number of carbonyl (C=O) groups is 2. The summed E-state index contributed by atoms with van der Waals surface area (Å²) >= 11 is 0. The van der Waals surface area contributed by atoms with Gasteiger partial charge in [0.25, 0.3) is 0 Å². The van der Waals surface area contributed by atoms with Gasteiger partial charge in [-0.25, -0.2) is 0 Å². The van der Waals surface area contributed by atoms with Crippen molar-refractivity contribution in [3.8, 4) is 0 Å². The number of carbonyl (C=O) groups excluding carboxylic acids is 2. The van der Waals surface area contributed by atoms with Gasteiger partial charge in [0.15, 0.2) is 5.78 Å². The van der Waals surface area contributed by atoms with Crippen molar-refractivity contribution in [2.75, 3.05) is 32.7 Å². The molecule has 3 rings (SSSR count). The van der Waals surface area contributed by atoms with Crippen LogP contribution in [0, 0.1) is 5.92 Å². The number of hydrogen-bond acceptors (Lipinski definition) is 4. The van der Waals surface area contributed by atoms with Crippen LogP contribution in [-0.4, -0.2) is 65.4 Å². The van der Waals surface area contributed by atoms with E-state index in [1.54, 1.807) is 4.90 Å². The molecule has 1 aromatic carbocycles. The standard InChI is InChI=1S/C19H26N2O3/c22-17(14-21-10-4-7-18(21)23)13-20-11-8-16(9-12-20)19(24)15-5-2-1-3-6-15/h1-3,5-6,16-17,22H,4,7-14H2/t17-/m0/s1. The highest BCUT2D eigenvalue weighted by Crippen LogP contribution is 2.22. The van der Waals surface area contributed by atoms with Crippen molar-refractivity contribution >= 4 is 11.7 Å². The van der Waals surface area contributed by atoms with Crippen LogP contribution in [0.1, 0.15) is 36.0 Å². The summed E-state index contributed by atoms with van der Waals surface area (Å²) in [7, 11) is 0. The number of aliphatic hydroxyl groups is 1. The number of hydrogen-bond donors (Lipinski definition) is 1. The molecule has 1 atom stereocenters. The van der Waals surface area contributed by atoms with Gasteiger partial charge in [-0.05, 0) is 32.4 Å². The fourth-order valence-corrected chi connectivity index (χ4v) is 3.72. The molecule has 0 saturated carbocycles. The van der Waals surface area contributed by atoms with Gasteiger partial charge in [-0.15, -0.1) is 0 Å². The van der Waals surface area contributed by atoms with Crippen LogP contribution in [0.25, 0.3) is 0 Å². The molecule has 2 aliphatic heterocycles. The summed E-state index contributed by atoms with van der Waals surface area (Å²) < 4.78 is 0. The number of aliphatic hydroxyl groups excluding tert-OH is 1. The highest BCUT2D eigenvalue weighted by Gasteiger charge is 2.28. The Morgan fingerprint density at radius 1 is 1.12 bits per heavy atom. The molecule has 24 heavy (non-hydrogen) atoms. The number of likely N-dealkylation sites (tertiary alicyclic amines) is 2. The predicted octanol–water partition coefficient (Wildman–Crippen LogP) is 1.56. The lowest BCUT2D eigenvalue weighted by atomic mass is 9.89. The fraction of sp³-hybridized carbons (Fsp3) is 0.579. The third kappa shape index (κ3) is 4.22. The third-order valence-electron chi connectivity index (χ3n) is 5.09. The molecule has 0 aliphatic carbocycles. The molecule has 130 valence electrons. The minimum atomic E-state index is -0.506. The number of benzene rings is 1. The molecular weight excluding hydrogens is 304 g/mol. The predicted molar refractivity (Wildman–Crippen MR) is 91.8 cm³/mol. The first kappa shape index (κ1) is 17.1. The van der Waals surface area contributed by atoms with Gasteiger partial charge in [-0.3, -0.25) is 9.59 Å². The molecule has 1 amide bonds. The molecule has 0 radical (unpaired) electrons. The third-order valence-corrected chi connectivity index (χ3v) is 5.09. The first-order valence-electron chi connectivity index (χ1n) is 8.91. The number of nitrogens with zero attached hydrogens (tertiary/aromatic N) is 2. The summed E-state index contributed by atoms with van der Waals surface area (Å²) in [5.41, 5.74) is 0.795. The summed E-state index contributed by atoms with van der Waals surface area (Å²) in [4.78, 5) is 28.1. The smallest absolute Gasteiger partial charge is 0.222 e. The summed E-state index contributed by atoms with van der Waals surface area (Å²) in [6.07, 6.45) is 2.68. The number of piperidine rings is 1. The Morgan fingerprint density at radius 3 is 2.46 bits per heavy atom. The van der Waals surface area contributed by atoms with Gasteiger partial charge in [0.05, 0.1) is 6.10 Å². The minimum Gasteiger partial charge on any atom is -0.390 e. The Hall–Kier alpha value is -1.72. The number of rotatable bonds is 6. The zero-order valence-electron chi connectivity index (χ0n) is 14.1. The van der Waals surface area contributed by atoms with Gasteiger partial charge >= 0.3 is 0 Å². The molecule has 0 unspecified atom stereocenters. The normalized spacial score (nSPS) is 21.2. The maximum Gasteiger partial charge on any atom is 0.222 e. The van der Waals surface area contributed by atoms with Gasteiger partial charge in [-0.1, -0.05) is 30.3 Å². The molecule has 2 saturated heterocycles. The Labute approximate surface area is 143 Å². The van der Waals surface area contributed by atoms with Crippen LogP contribution in [-0.2, 0) is 4.79 Å². The van der Waals surface area contributed by atoms with Crippen molar-refractivity contribution in [3.63, 3.8) is 0 Å². The van der Waals surface area contributed by atoms with E-state index in [1.165, 1.54) is 0 Å². The number of β-amino-alcohol motifs (C(OH)–C–C–N with tert-alkyl or cyclic N) is 1. The average Bonchev–Trinajstić information content (AvgIpc) is 3.00. The highest BCUT2D eigenvalue weighted by molar-refractivity contribution is 5.97. The van der Waals surface area contributed by atoms with E-state index in [4.69, 9.17) is 0 Å². The van der Waals surface area contributed by atoms with E-state index in [-0.39, 0.29) is 17.6 Å². The maximum atomic E-state index is 12.5. The molecule has 2 heterocycles. The zero-order valence-corrected chi connectivity index (χ0v) is 14.1. The van der Waals surface area contributed by atoms with Crippen molar-refractivity contribution in [2.24, 2.45) is 5.92 Å². The second kappa shape index (κ2) is 7.90. The van der Waals surface area contributed by atoms with Crippen LogP contribution in [0.2, 0.25) is 0 Å². The van der Waals surface area contributed by atoms with E-state index in [0.29, 0.717) is 19.5 Å². The number of Topliss-reactive ketones (excluding diaryl/α,β-unsaturated/α-hetero) is 1.